The average Bonchev–Trinajstić information content (AvgIpc) is 2.70. The third kappa shape index (κ3) is 2.89. The van der Waals surface area contributed by atoms with Gasteiger partial charge in [0.15, 0.2) is 0 Å². The number of nitrogens with zero attached hydrogens (tertiary/aromatic N) is 3. The number of hydrogen-bond donors (Lipinski definition) is 1. The fourth-order valence-corrected chi connectivity index (χ4v) is 2.62. The number of nitrogens with one attached hydrogen (secondary N) is 1. The zero-order chi connectivity index (χ0) is 15.6. The summed E-state index contributed by atoms with van der Waals surface area (Å²) in [6, 6.07) is 6.72. The van der Waals surface area contributed by atoms with Crippen molar-refractivity contribution in [2.75, 3.05) is 5.32 Å². The van der Waals surface area contributed by atoms with E-state index in [4.69, 9.17) is 0 Å². The lowest BCUT2D eigenvalue weighted by Gasteiger charge is -2.19. The Morgan fingerprint density at radius 3 is 2.57 bits per heavy atom. The summed E-state index contributed by atoms with van der Waals surface area (Å²) in [4.78, 5) is 10.8. The van der Waals surface area contributed by atoms with Gasteiger partial charge in [0.2, 0.25) is 0 Å². The van der Waals surface area contributed by atoms with E-state index in [0.717, 1.165) is 23.4 Å². The number of rotatable bonds is 5. The van der Waals surface area contributed by atoms with Crippen LogP contribution in [0.15, 0.2) is 24.3 Å². The molecular formula is C15H20N4O2. The molecule has 0 saturated carbocycles. The van der Waals surface area contributed by atoms with Gasteiger partial charge in [0.1, 0.15) is 5.69 Å². The minimum Gasteiger partial charge on any atom is -0.373 e. The van der Waals surface area contributed by atoms with E-state index in [0.29, 0.717) is 5.69 Å². The van der Waals surface area contributed by atoms with E-state index in [-0.39, 0.29) is 16.7 Å². The van der Waals surface area contributed by atoms with Gasteiger partial charge in [-0.1, -0.05) is 19.1 Å². The smallest absolute Gasteiger partial charge is 0.292 e. The van der Waals surface area contributed by atoms with Crippen molar-refractivity contribution in [3.05, 3.63) is 51.3 Å². The summed E-state index contributed by atoms with van der Waals surface area (Å²) in [6.45, 7) is 6.03. The van der Waals surface area contributed by atoms with Crippen LogP contribution in [-0.4, -0.2) is 14.7 Å². The third-order valence-electron chi connectivity index (χ3n) is 3.75. The molecular weight excluding hydrogens is 268 g/mol. The predicted octanol–water partition coefficient (Wildman–Crippen LogP) is 3.51. The zero-order valence-corrected chi connectivity index (χ0v) is 12.8. The fourth-order valence-electron chi connectivity index (χ4n) is 2.62. The van der Waals surface area contributed by atoms with Crippen molar-refractivity contribution in [2.45, 2.75) is 33.2 Å². The molecule has 1 aromatic carbocycles. The molecule has 0 aliphatic heterocycles. The van der Waals surface area contributed by atoms with E-state index >= 15 is 0 Å². The normalized spacial score (nSPS) is 12.2. The summed E-state index contributed by atoms with van der Waals surface area (Å²) in [5, 5.41) is 18.8. The Morgan fingerprint density at radius 2 is 2.05 bits per heavy atom. The van der Waals surface area contributed by atoms with Gasteiger partial charge in [-0.2, -0.15) is 5.10 Å². The van der Waals surface area contributed by atoms with Crippen LogP contribution in [0.2, 0.25) is 0 Å². The molecule has 0 saturated heterocycles. The lowest BCUT2D eigenvalue weighted by Crippen LogP contribution is -2.13. The molecule has 2 rings (SSSR count). The molecule has 1 heterocycles. The Kier molecular flexibility index (Phi) is 4.26. The Hall–Kier alpha value is -2.37. The predicted molar refractivity (Wildman–Crippen MR) is 82.4 cm³/mol. The van der Waals surface area contributed by atoms with Gasteiger partial charge in [-0.15, -0.1) is 0 Å². The van der Waals surface area contributed by atoms with Crippen LogP contribution in [0.5, 0.6) is 0 Å². The maximum atomic E-state index is 11.1. The lowest BCUT2D eigenvalue weighted by molar-refractivity contribution is -0.384. The zero-order valence-electron chi connectivity index (χ0n) is 12.8. The molecule has 21 heavy (non-hydrogen) atoms. The van der Waals surface area contributed by atoms with Crippen molar-refractivity contribution in [3.8, 4) is 0 Å². The first-order chi connectivity index (χ1) is 9.95. The molecule has 1 aromatic heterocycles. The number of anilines is 1. The van der Waals surface area contributed by atoms with Crippen LogP contribution in [0, 0.1) is 24.0 Å². The number of benzene rings is 1. The average molecular weight is 288 g/mol. The number of hydrogen-bond acceptors (Lipinski definition) is 4. The summed E-state index contributed by atoms with van der Waals surface area (Å²) < 4.78 is 1.84. The number of para-hydroxylation sites is 2. The highest BCUT2D eigenvalue weighted by atomic mass is 16.6. The van der Waals surface area contributed by atoms with Gasteiger partial charge in [-0.05, 0) is 26.3 Å². The molecule has 0 radical (unpaired) electrons. The first-order valence-electron chi connectivity index (χ1n) is 6.95. The van der Waals surface area contributed by atoms with E-state index in [2.05, 4.69) is 17.3 Å². The molecule has 1 unspecified atom stereocenters. The summed E-state index contributed by atoms with van der Waals surface area (Å²) in [5.41, 5.74) is 3.77. The summed E-state index contributed by atoms with van der Waals surface area (Å²) in [6.07, 6.45) is 0.819. The van der Waals surface area contributed by atoms with Gasteiger partial charge in [0.25, 0.3) is 5.69 Å². The van der Waals surface area contributed by atoms with Crippen LogP contribution in [0.4, 0.5) is 11.4 Å². The van der Waals surface area contributed by atoms with E-state index < -0.39 is 0 Å². The van der Waals surface area contributed by atoms with Gasteiger partial charge in [-0.25, -0.2) is 0 Å². The largest absolute Gasteiger partial charge is 0.373 e. The maximum Gasteiger partial charge on any atom is 0.292 e. The Bertz CT molecular complexity index is 664. The van der Waals surface area contributed by atoms with Crippen LogP contribution in [0.3, 0.4) is 0 Å². The maximum absolute atomic E-state index is 11.1. The van der Waals surface area contributed by atoms with Crippen LogP contribution < -0.4 is 5.32 Å². The topological polar surface area (TPSA) is 73.0 Å². The van der Waals surface area contributed by atoms with Gasteiger partial charge < -0.3 is 5.32 Å². The fraction of sp³-hybridized carbons (Fsp3) is 0.400. The van der Waals surface area contributed by atoms with Crippen molar-refractivity contribution in [1.29, 1.82) is 0 Å². The van der Waals surface area contributed by atoms with Crippen LogP contribution >= 0.6 is 0 Å². The molecule has 6 nitrogen and oxygen atoms in total. The van der Waals surface area contributed by atoms with Crippen molar-refractivity contribution in [2.24, 2.45) is 7.05 Å². The minimum absolute atomic E-state index is 0.000185. The van der Waals surface area contributed by atoms with E-state index in [9.17, 15) is 10.1 Å². The third-order valence-corrected chi connectivity index (χ3v) is 3.75. The van der Waals surface area contributed by atoms with Gasteiger partial charge in [0.05, 0.1) is 16.7 Å². The highest BCUT2D eigenvalue weighted by Gasteiger charge is 2.21. The first kappa shape index (κ1) is 15.0. The number of nitro benzene ring substituents is 1. The molecule has 1 atom stereocenters. The van der Waals surface area contributed by atoms with Crippen molar-refractivity contribution < 1.29 is 4.92 Å². The molecule has 112 valence electrons. The van der Waals surface area contributed by atoms with Crippen molar-refractivity contribution in [1.82, 2.24) is 9.78 Å². The standard InChI is InChI=1S/C15H20N4O2/c1-5-12(15-10(2)17-18(4)11(15)3)16-13-8-6-7-9-14(13)19(20)21/h6-9,12,16H,5H2,1-4H3. The minimum atomic E-state index is -0.363. The molecule has 0 fully saturated rings. The second-order valence-electron chi connectivity index (χ2n) is 5.09. The van der Waals surface area contributed by atoms with E-state index in [1.54, 1.807) is 18.2 Å². The highest BCUT2D eigenvalue weighted by Crippen LogP contribution is 2.31. The second kappa shape index (κ2) is 5.95. The monoisotopic (exact) mass is 288 g/mol. The van der Waals surface area contributed by atoms with Crippen LogP contribution in [0.25, 0.3) is 0 Å². The van der Waals surface area contributed by atoms with E-state index in [1.165, 1.54) is 6.07 Å². The van der Waals surface area contributed by atoms with Gasteiger partial charge in [0, 0.05) is 24.4 Å². The quantitative estimate of drug-likeness (QED) is 0.675. The molecule has 6 heteroatoms. The first-order valence-corrected chi connectivity index (χ1v) is 6.95. The van der Waals surface area contributed by atoms with Gasteiger partial charge >= 0.3 is 0 Å². The number of aryl methyl sites for hydroxylation is 2. The second-order valence-corrected chi connectivity index (χ2v) is 5.09. The molecule has 0 aliphatic rings. The van der Waals surface area contributed by atoms with Crippen LogP contribution in [0.1, 0.15) is 36.3 Å². The SMILES string of the molecule is CCC(Nc1ccccc1[N+](=O)[O-])c1c(C)nn(C)c1C. The molecule has 0 spiro atoms. The Morgan fingerprint density at radius 1 is 1.38 bits per heavy atom. The number of nitro groups is 1. The van der Waals surface area contributed by atoms with Crippen molar-refractivity contribution >= 4 is 11.4 Å². The summed E-state index contributed by atoms with van der Waals surface area (Å²) in [7, 11) is 1.91. The van der Waals surface area contributed by atoms with Gasteiger partial charge in [-0.3, -0.25) is 14.8 Å². The molecule has 2 aromatic rings. The molecule has 0 amide bonds. The summed E-state index contributed by atoms with van der Waals surface area (Å²) in [5.74, 6) is 0. The van der Waals surface area contributed by atoms with Crippen molar-refractivity contribution in [3.63, 3.8) is 0 Å². The lowest BCUT2D eigenvalue weighted by atomic mass is 10.0. The Balaban J connectivity index is 2.38. The summed E-state index contributed by atoms with van der Waals surface area (Å²) >= 11 is 0. The molecule has 0 aliphatic carbocycles. The van der Waals surface area contributed by atoms with E-state index in [1.807, 2.05) is 25.6 Å². The Labute approximate surface area is 123 Å². The molecule has 1 N–H and O–H groups in total. The number of aromatic nitrogens is 2. The highest BCUT2D eigenvalue weighted by molar-refractivity contribution is 5.62. The molecule has 0 bridgehead atoms. The van der Waals surface area contributed by atoms with Crippen LogP contribution in [-0.2, 0) is 7.05 Å².